The molecule has 0 aromatic heterocycles. The van der Waals surface area contributed by atoms with E-state index >= 15 is 0 Å². The van der Waals surface area contributed by atoms with E-state index in [1.165, 1.54) is 225 Å². The fourth-order valence-electron chi connectivity index (χ4n) is 12.5. The van der Waals surface area contributed by atoms with Crippen molar-refractivity contribution in [3.63, 3.8) is 0 Å². The van der Waals surface area contributed by atoms with E-state index in [0.29, 0.717) is 25.7 Å². The lowest BCUT2D eigenvalue weighted by Crippen LogP contribution is -2.30. The Morgan fingerprint density at radius 2 is 0.510 bits per heavy atom. The summed E-state index contributed by atoms with van der Waals surface area (Å²) in [6.45, 7) is 12.0. The lowest BCUT2D eigenvalue weighted by atomic mass is 10.00. The number of aliphatic hydroxyl groups is 1. The molecular formula is C81H158O17P2. The van der Waals surface area contributed by atoms with Crippen molar-refractivity contribution >= 4 is 39.5 Å². The summed E-state index contributed by atoms with van der Waals surface area (Å²) in [4.78, 5) is 73.0. The molecular weight excluding hydrogens is 1310 g/mol. The topological polar surface area (TPSA) is 237 Å². The van der Waals surface area contributed by atoms with Gasteiger partial charge in [-0.15, -0.1) is 0 Å². The fraction of sp³-hybridized carbons (Fsp3) is 0.951. The number of esters is 4. The number of carbonyl (C=O) groups excluding carboxylic acids is 4. The zero-order chi connectivity index (χ0) is 73.7. The number of unbranched alkanes of at least 4 members (excludes halogenated alkanes) is 46. The highest BCUT2D eigenvalue weighted by atomic mass is 31.2. The molecule has 0 saturated heterocycles. The molecule has 3 N–H and O–H groups in total. The predicted molar refractivity (Wildman–Crippen MR) is 409 cm³/mol. The van der Waals surface area contributed by atoms with E-state index < -0.39 is 97.5 Å². The van der Waals surface area contributed by atoms with E-state index in [1.54, 1.807) is 0 Å². The van der Waals surface area contributed by atoms with Crippen LogP contribution in [-0.4, -0.2) is 96.7 Å². The van der Waals surface area contributed by atoms with E-state index in [9.17, 15) is 43.2 Å². The Morgan fingerprint density at radius 1 is 0.290 bits per heavy atom. The molecule has 0 spiro atoms. The summed E-state index contributed by atoms with van der Waals surface area (Å²) in [5, 5.41) is 10.6. The van der Waals surface area contributed by atoms with Crippen molar-refractivity contribution in [2.75, 3.05) is 39.6 Å². The molecule has 6 atom stereocenters. The summed E-state index contributed by atoms with van der Waals surface area (Å²) in [7, 11) is -9.92. The van der Waals surface area contributed by atoms with Crippen LogP contribution < -0.4 is 0 Å². The minimum atomic E-state index is -4.96. The zero-order valence-electron chi connectivity index (χ0n) is 65.7. The fourth-order valence-corrected chi connectivity index (χ4v) is 14.0. The molecule has 594 valence electrons. The first kappa shape index (κ1) is 98.1. The van der Waals surface area contributed by atoms with Gasteiger partial charge in [0.1, 0.15) is 19.3 Å². The molecule has 19 heteroatoms. The van der Waals surface area contributed by atoms with Crippen LogP contribution in [0, 0.1) is 17.8 Å². The summed E-state index contributed by atoms with van der Waals surface area (Å²) < 4.78 is 68.7. The highest BCUT2D eigenvalue weighted by Crippen LogP contribution is 2.45. The Hall–Kier alpha value is -1.94. The summed E-state index contributed by atoms with van der Waals surface area (Å²) in [6.07, 6.45) is 59.6. The Morgan fingerprint density at radius 3 is 0.760 bits per heavy atom. The number of aliphatic hydroxyl groups excluding tert-OH is 1. The first-order chi connectivity index (χ1) is 48.3. The molecule has 0 saturated carbocycles. The lowest BCUT2D eigenvalue weighted by Gasteiger charge is -2.21. The van der Waals surface area contributed by atoms with Crippen molar-refractivity contribution in [2.45, 2.75) is 439 Å². The second-order valence-electron chi connectivity index (χ2n) is 30.4. The van der Waals surface area contributed by atoms with Crippen LogP contribution in [0.4, 0.5) is 0 Å². The van der Waals surface area contributed by atoms with Crippen molar-refractivity contribution in [1.29, 1.82) is 0 Å². The molecule has 0 rings (SSSR count). The maximum absolute atomic E-state index is 13.1. The van der Waals surface area contributed by atoms with Crippen LogP contribution in [0.2, 0.25) is 0 Å². The molecule has 100 heavy (non-hydrogen) atoms. The molecule has 0 aliphatic carbocycles. The number of ether oxygens (including phenoxy) is 4. The van der Waals surface area contributed by atoms with Crippen molar-refractivity contribution in [3.05, 3.63) is 0 Å². The largest absolute Gasteiger partial charge is 0.472 e. The monoisotopic (exact) mass is 1470 g/mol. The van der Waals surface area contributed by atoms with Crippen LogP contribution in [0.3, 0.4) is 0 Å². The van der Waals surface area contributed by atoms with Gasteiger partial charge in [-0.1, -0.05) is 370 Å². The second kappa shape index (κ2) is 71.3. The minimum Gasteiger partial charge on any atom is -0.462 e. The molecule has 0 bridgehead atoms. The summed E-state index contributed by atoms with van der Waals surface area (Å²) in [6, 6.07) is 0. The standard InChI is InChI=1S/C81H158O17P2/c1-8-10-11-12-13-14-15-16-19-25-31-36-41-50-57-65-81(86)98-77(69-92-79(84)63-56-49-44-43-47-54-61-74(7)9-2)71-96-100(89,90)94-67-75(82)66-93-99(87,88)95-70-76(68-91-78(83)62-55-48-40-35-30-27-22-24-29-34-39-46-53-60-73(5)6)97-80(85)64-58-51-42-37-32-26-21-18-17-20-23-28-33-38-45-52-59-72(3)4/h72-77,82H,8-71H2,1-7H3,(H,87,88)(H,89,90)/t74?,75-,76-,77-/m1/s1. The van der Waals surface area contributed by atoms with Gasteiger partial charge in [0.25, 0.3) is 0 Å². The van der Waals surface area contributed by atoms with Crippen LogP contribution in [-0.2, 0) is 65.4 Å². The Bertz CT molecular complexity index is 1940. The second-order valence-corrected chi connectivity index (χ2v) is 33.3. The molecule has 0 amide bonds. The van der Waals surface area contributed by atoms with Gasteiger partial charge in [-0.25, -0.2) is 9.13 Å². The van der Waals surface area contributed by atoms with Crippen LogP contribution in [0.15, 0.2) is 0 Å². The average molecular weight is 1470 g/mol. The van der Waals surface area contributed by atoms with Gasteiger partial charge in [0.05, 0.1) is 26.4 Å². The van der Waals surface area contributed by atoms with Crippen LogP contribution in [0.1, 0.15) is 421 Å². The van der Waals surface area contributed by atoms with Gasteiger partial charge in [-0.2, -0.15) is 0 Å². The quantitative estimate of drug-likeness (QED) is 0.0222. The number of phosphoric acid groups is 2. The van der Waals surface area contributed by atoms with Crippen LogP contribution in [0.5, 0.6) is 0 Å². The van der Waals surface area contributed by atoms with Crippen molar-refractivity contribution in [1.82, 2.24) is 0 Å². The first-order valence-electron chi connectivity index (χ1n) is 41.9. The maximum Gasteiger partial charge on any atom is 0.472 e. The number of rotatable bonds is 79. The molecule has 0 radical (unpaired) electrons. The molecule has 0 aromatic carbocycles. The molecule has 3 unspecified atom stereocenters. The molecule has 0 aromatic rings. The van der Waals surface area contributed by atoms with Crippen molar-refractivity contribution in [3.8, 4) is 0 Å². The third-order valence-corrected chi connectivity index (χ3v) is 21.1. The maximum atomic E-state index is 13.1. The third-order valence-electron chi connectivity index (χ3n) is 19.2. The summed E-state index contributed by atoms with van der Waals surface area (Å²) in [5.74, 6) is 0.221. The third kappa shape index (κ3) is 73.0. The Balaban J connectivity index is 5.25. The number of phosphoric ester groups is 2. The first-order valence-corrected chi connectivity index (χ1v) is 44.9. The van der Waals surface area contributed by atoms with E-state index in [2.05, 4.69) is 48.5 Å². The smallest absolute Gasteiger partial charge is 0.462 e. The molecule has 0 heterocycles. The Labute approximate surface area is 613 Å². The van der Waals surface area contributed by atoms with Crippen molar-refractivity contribution < 1.29 is 80.2 Å². The average Bonchev–Trinajstić information content (AvgIpc) is 0.960. The number of hydrogen-bond acceptors (Lipinski definition) is 15. The highest BCUT2D eigenvalue weighted by Gasteiger charge is 2.30. The van der Waals surface area contributed by atoms with Gasteiger partial charge in [0.2, 0.25) is 0 Å². The van der Waals surface area contributed by atoms with E-state index in [4.69, 9.17) is 37.0 Å². The van der Waals surface area contributed by atoms with E-state index in [1.807, 2.05) is 0 Å². The van der Waals surface area contributed by atoms with Crippen LogP contribution >= 0.6 is 15.6 Å². The normalized spacial score (nSPS) is 14.2. The zero-order valence-corrected chi connectivity index (χ0v) is 67.5. The summed E-state index contributed by atoms with van der Waals surface area (Å²) in [5.41, 5.74) is 0. The van der Waals surface area contributed by atoms with Gasteiger partial charge in [-0.3, -0.25) is 37.3 Å². The van der Waals surface area contributed by atoms with Gasteiger partial charge < -0.3 is 33.8 Å². The predicted octanol–water partition coefficient (Wildman–Crippen LogP) is 24.1. The SMILES string of the molecule is CCCCCCCCCCCCCCCCCC(=O)O[C@H](COC(=O)CCCCCCCCC(C)CC)COP(=O)(O)OC[C@H](O)COP(=O)(O)OC[C@@H](COC(=O)CCCCCCCCCCCCCCCC(C)C)OC(=O)CCCCCCCCCCCCCCCCCCC(C)C. The Kier molecular flexibility index (Phi) is 69.9. The van der Waals surface area contributed by atoms with Crippen LogP contribution in [0.25, 0.3) is 0 Å². The number of carbonyl (C=O) groups is 4. The van der Waals surface area contributed by atoms with Gasteiger partial charge in [0.15, 0.2) is 12.2 Å². The molecule has 17 nitrogen and oxygen atoms in total. The van der Waals surface area contributed by atoms with Gasteiger partial charge >= 0.3 is 39.5 Å². The minimum absolute atomic E-state index is 0.107. The van der Waals surface area contributed by atoms with Gasteiger partial charge in [0, 0.05) is 25.7 Å². The molecule has 0 fully saturated rings. The summed E-state index contributed by atoms with van der Waals surface area (Å²) >= 11 is 0. The lowest BCUT2D eigenvalue weighted by molar-refractivity contribution is -0.161. The highest BCUT2D eigenvalue weighted by molar-refractivity contribution is 7.47. The molecule has 0 aliphatic heterocycles. The van der Waals surface area contributed by atoms with E-state index in [0.717, 1.165) is 114 Å². The number of hydrogen-bond donors (Lipinski definition) is 3. The van der Waals surface area contributed by atoms with Gasteiger partial charge in [-0.05, 0) is 43.4 Å². The molecule has 0 aliphatic rings. The van der Waals surface area contributed by atoms with Crippen molar-refractivity contribution in [2.24, 2.45) is 17.8 Å². The van der Waals surface area contributed by atoms with E-state index in [-0.39, 0.29) is 25.7 Å².